The molecule has 0 aliphatic rings. The maximum Gasteiger partial charge on any atom is 0.128 e. The fourth-order valence-electron chi connectivity index (χ4n) is 2.55. The van der Waals surface area contributed by atoms with Crippen LogP contribution >= 0.6 is 11.6 Å². The Bertz CT molecular complexity index is 953. The molecule has 0 aromatic heterocycles. The summed E-state index contributed by atoms with van der Waals surface area (Å²) in [5.41, 5.74) is 4.76. The lowest BCUT2D eigenvalue weighted by atomic mass is 10.1. The summed E-state index contributed by atoms with van der Waals surface area (Å²) < 4.78 is 19.2. The molecule has 0 aliphatic carbocycles. The maximum atomic E-state index is 13.3. The van der Waals surface area contributed by atoms with Gasteiger partial charge in [0.2, 0.25) is 0 Å². The van der Waals surface area contributed by atoms with Crippen molar-refractivity contribution in [1.82, 2.24) is 0 Å². The zero-order valence-electron chi connectivity index (χ0n) is 14.7. The average molecular weight is 368 g/mol. The summed E-state index contributed by atoms with van der Waals surface area (Å²) in [6, 6.07) is 17.7. The van der Waals surface area contributed by atoms with Crippen molar-refractivity contribution >= 4 is 23.5 Å². The second kappa shape index (κ2) is 8.15. The lowest BCUT2D eigenvalue weighted by Gasteiger charge is -2.10. The van der Waals surface area contributed by atoms with E-state index in [0.29, 0.717) is 10.8 Å². The Balaban J connectivity index is 1.84. The van der Waals surface area contributed by atoms with Crippen molar-refractivity contribution < 1.29 is 9.13 Å². The van der Waals surface area contributed by atoms with Gasteiger partial charge in [-0.15, -0.1) is 0 Å². The van der Waals surface area contributed by atoms with Crippen molar-refractivity contribution in [3.05, 3.63) is 93.8 Å². The van der Waals surface area contributed by atoms with Crippen LogP contribution in [0, 0.1) is 19.7 Å². The minimum absolute atomic E-state index is 0.268. The molecule has 0 unspecified atom stereocenters. The predicted molar refractivity (Wildman–Crippen MR) is 105 cm³/mol. The second-order valence-electron chi connectivity index (χ2n) is 6.08. The van der Waals surface area contributed by atoms with Crippen molar-refractivity contribution in [3.8, 4) is 5.75 Å². The van der Waals surface area contributed by atoms with Crippen LogP contribution in [0.15, 0.2) is 65.7 Å². The van der Waals surface area contributed by atoms with E-state index in [9.17, 15) is 4.39 Å². The standard InChI is InChI=1S/C22H19ClFNO/c1-15-5-3-8-21(16(15)2)25-13-18-12-19(23)9-10-22(18)26-14-17-6-4-7-20(24)11-17/h3-13H,14H2,1-2H3. The number of rotatable bonds is 5. The van der Waals surface area contributed by atoms with Crippen molar-refractivity contribution in [2.24, 2.45) is 4.99 Å². The van der Waals surface area contributed by atoms with Gasteiger partial charge in [0.05, 0.1) is 5.69 Å². The first-order valence-electron chi connectivity index (χ1n) is 8.30. The molecule has 2 nitrogen and oxygen atoms in total. The Morgan fingerprint density at radius 1 is 1.04 bits per heavy atom. The molecule has 0 amide bonds. The summed E-state index contributed by atoms with van der Waals surface area (Å²) in [6.07, 6.45) is 1.74. The fraction of sp³-hybridized carbons (Fsp3) is 0.136. The van der Waals surface area contributed by atoms with Crippen LogP contribution in [0.25, 0.3) is 0 Å². The highest BCUT2D eigenvalue weighted by molar-refractivity contribution is 6.30. The molecule has 3 aromatic carbocycles. The lowest BCUT2D eigenvalue weighted by molar-refractivity contribution is 0.305. The normalized spacial score (nSPS) is 11.1. The lowest BCUT2D eigenvalue weighted by Crippen LogP contribution is -1.99. The zero-order chi connectivity index (χ0) is 18.5. The molecule has 0 aliphatic heterocycles. The van der Waals surface area contributed by atoms with Crippen molar-refractivity contribution in [3.63, 3.8) is 0 Å². The first-order valence-corrected chi connectivity index (χ1v) is 8.68. The highest BCUT2D eigenvalue weighted by Gasteiger charge is 2.05. The van der Waals surface area contributed by atoms with Crippen molar-refractivity contribution in [2.75, 3.05) is 0 Å². The third-order valence-corrected chi connectivity index (χ3v) is 4.41. The van der Waals surface area contributed by atoms with Gasteiger partial charge in [0.25, 0.3) is 0 Å². The monoisotopic (exact) mass is 367 g/mol. The zero-order valence-corrected chi connectivity index (χ0v) is 15.4. The van der Waals surface area contributed by atoms with E-state index in [2.05, 4.69) is 18.0 Å². The molecule has 26 heavy (non-hydrogen) atoms. The fourth-order valence-corrected chi connectivity index (χ4v) is 2.73. The molecular weight excluding hydrogens is 349 g/mol. The van der Waals surface area contributed by atoms with Crippen LogP contribution in [-0.4, -0.2) is 6.21 Å². The van der Waals surface area contributed by atoms with Crippen LogP contribution in [0.2, 0.25) is 5.02 Å². The number of aliphatic imine (C=N–C) groups is 1. The van der Waals surface area contributed by atoms with Crippen LogP contribution in [0.1, 0.15) is 22.3 Å². The Morgan fingerprint density at radius 2 is 1.85 bits per heavy atom. The summed E-state index contributed by atoms with van der Waals surface area (Å²) in [4.78, 5) is 4.58. The van der Waals surface area contributed by atoms with Crippen LogP contribution < -0.4 is 4.74 Å². The minimum atomic E-state index is -0.279. The summed E-state index contributed by atoms with van der Waals surface area (Å²) in [6.45, 7) is 4.37. The second-order valence-corrected chi connectivity index (χ2v) is 6.51. The van der Waals surface area contributed by atoms with E-state index < -0.39 is 0 Å². The third kappa shape index (κ3) is 4.50. The van der Waals surface area contributed by atoms with E-state index in [1.165, 1.54) is 17.7 Å². The number of aryl methyl sites for hydroxylation is 1. The summed E-state index contributed by atoms with van der Waals surface area (Å²) >= 11 is 6.13. The van der Waals surface area contributed by atoms with E-state index in [-0.39, 0.29) is 12.4 Å². The van der Waals surface area contributed by atoms with Gasteiger partial charge < -0.3 is 4.74 Å². The van der Waals surface area contributed by atoms with Gasteiger partial charge in [0.1, 0.15) is 18.2 Å². The third-order valence-electron chi connectivity index (χ3n) is 4.17. The summed E-state index contributed by atoms with van der Waals surface area (Å²) in [7, 11) is 0. The van der Waals surface area contributed by atoms with Gasteiger partial charge >= 0.3 is 0 Å². The van der Waals surface area contributed by atoms with E-state index in [4.69, 9.17) is 16.3 Å². The molecule has 0 bridgehead atoms. The van der Waals surface area contributed by atoms with Crippen LogP contribution in [0.5, 0.6) is 5.75 Å². The van der Waals surface area contributed by atoms with Gasteiger partial charge in [0.15, 0.2) is 0 Å². The number of ether oxygens (including phenoxy) is 1. The number of hydrogen-bond acceptors (Lipinski definition) is 2. The van der Waals surface area contributed by atoms with Crippen LogP contribution in [0.4, 0.5) is 10.1 Å². The highest BCUT2D eigenvalue weighted by Crippen LogP contribution is 2.25. The first kappa shape index (κ1) is 18.2. The molecule has 3 rings (SSSR count). The number of benzene rings is 3. The Morgan fingerprint density at radius 3 is 2.65 bits per heavy atom. The van der Waals surface area contributed by atoms with Crippen LogP contribution in [0.3, 0.4) is 0 Å². The molecule has 0 saturated carbocycles. The molecule has 0 spiro atoms. The molecule has 0 saturated heterocycles. The Kier molecular flexibility index (Phi) is 5.69. The Labute approximate surface area is 157 Å². The first-order chi connectivity index (χ1) is 12.5. The topological polar surface area (TPSA) is 21.6 Å². The van der Waals surface area contributed by atoms with Gasteiger partial charge in [-0.25, -0.2) is 4.39 Å². The quantitative estimate of drug-likeness (QED) is 0.476. The predicted octanol–water partition coefficient (Wildman–Crippen LogP) is 6.43. The summed E-state index contributed by atoms with van der Waals surface area (Å²) in [5.74, 6) is 0.367. The molecule has 0 fully saturated rings. The SMILES string of the molecule is Cc1cccc(N=Cc2cc(Cl)ccc2OCc2cccc(F)c2)c1C. The van der Waals surface area contributed by atoms with E-state index in [1.54, 1.807) is 30.5 Å². The molecule has 0 heterocycles. The molecule has 0 radical (unpaired) electrons. The minimum Gasteiger partial charge on any atom is -0.488 e. The Hall–Kier alpha value is -2.65. The van der Waals surface area contributed by atoms with Gasteiger partial charge in [-0.05, 0) is 66.9 Å². The van der Waals surface area contributed by atoms with Gasteiger partial charge in [-0.2, -0.15) is 0 Å². The van der Waals surface area contributed by atoms with E-state index in [0.717, 1.165) is 22.4 Å². The molecule has 0 atom stereocenters. The van der Waals surface area contributed by atoms with Gasteiger partial charge in [-0.3, -0.25) is 4.99 Å². The molecule has 4 heteroatoms. The molecule has 3 aromatic rings. The van der Waals surface area contributed by atoms with Gasteiger partial charge in [0, 0.05) is 16.8 Å². The average Bonchev–Trinajstić information content (AvgIpc) is 2.62. The molecule has 0 N–H and O–H groups in total. The van der Waals surface area contributed by atoms with E-state index >= 15 is 0 Å². The number of nitrogens with zero attached hydrogens (tertiary/aromatic N) is 1. The van der Waals surface area contributed by atoms with Crippen molar-refractivity contribution in [2.45, 2.75) is 20.5 Å². The molecular formula is C22H19ClFNO. The number of hydrogen-bond donors (Lipinski definition) is 0. The molecule has 132 valence electrons. The maximum absolute atomic E-state index is 13.3. The van der Waals surface area contributed by atoms with Crippen molar-refractivity contribution in [1.29, 1.82) is 0 Å². The van der Waals surface area contributed by atoms with E-state index in [1.807, 2.05) is 25.1 Å². The largest absolute Gasteiger partial charge is 0.488 e. The van der Waals surface area contributed by atoms with Crippen LogP contribution in [-0.2, 0) is 6.61 Å². The number of halogens is 2. The van der Waals surface area contributed by atoms with Gasteiger partial charge in [-0.1, -0.05) is 35.9 Å². The summed E-state index contributed by atoms with van der Waals surface area (Å²) in [5, 5.41) is 0.602. The highest BCUT2D eigenvalue weighted by atomic mass is 35.5. The smallest absolute Gasteiger partial charge is 0.128 e.